The summed E-state index contributed by atoms with van der Waals surface area (Å²) in [6, 6.07) is 3.38. The van der Waals surface area contributed by atoms with Gasteiger partial charge in [-0.25, -0.2) is 4.98 Å². The van der Waals surface area contributed by atoms with Crippen LogP contribution >= 0.6 is 0 Å². The third-order valence-electron chi connectivity index (χ3n) is 2.64. The molecule has 0 amide bonds. The molecule has 0 aliphatic rings. The molecule has 0 radical (unpaired) electrons. The molecule has 2 rings (SSSR count). The Morgan fingerprint density at radius 2 is 1.65 bits per heavy atom. The van der Waals surface area contributed by atoms with Gasteiger partial charge in [-0.05, 0) is 5.56 Å². The number of hydrogen-bond donors (Lipinski definition) is 2. The Morgan fingerprint density at radius 3 is 2.05 bits per heavy atom. The molecular formula is C10H10N6O4. The van der Waals surface area contributed by atoms with Gasteiger partial charge in [0.1, 0.15) is 5.82 Å². The van der Waals surface area contributed by atoms with Crippen molar-refractivity contribution in [1.29, 1.82) is 0 Å². The van der Waals surface area contributed by atoms with Gasteiger partial charge >= 0.3 is 0 Å². The van der Waals surface area contributed by atoms with Crippen molar-refractivity contribution in [2.45, 2.75) is 6.54 Å². The van der Waals surface area contributed by atoms with E-state index in [4.69, 9.17) is 11.5 Å². The summed E-state index contributed by atoms with van der Waals surface area (Å²) in [5.41, 5.74) is 10.8. The second-order valence-corrected chi connectivity index (χ2v) is 4.01. The number of imidazole rings is 1. The summed E-state index contributed by atoms with van der Waals surface area (Å²) in [5.74, 6) is 0.323. The van der Waals surface area contributed by atoms with Crippen LogP contribution in [0.1, 0.15) is 5.56 Å². The molecule has 2 aromatic rings. The summed E-state index contributed by atoms with van der Waals surface area (Å²) >= 11 is 0. The van der Waals surface area contributed by atoms with Crippen molar-refractivity contribution in [3.05, 3.63) is 50.3 Å². The zero-order valence-corrected chi connectivity index (χ0v) is 10.1. The van der Waals surface area contributed by atoms with Gasteiger partial charge in [0.25, 0.3) is 11.4 Å². The number of benzene rings is 1. The zero-order chi connectivity index (χ0) is 14.9. The smallest absolute Gasteiger partial charge is 0.276 e. The lowest BCUT2D eigenvalue weighted by Crippen LogP contribution is -2.05. The van der Waals surface area contributed by atoms with Gasteiger partial charge in [0.05, 0.1) is 28.8 Å². The Labute approximate surface area is 111 Å². The number of hydrogen-bond acceptors (Lipinski definition) is 7. The minimum atomic E-state index is -0.692. The maximum atomic E-state index is 10.8. The highest BCUT2D eigenvalue weighted by Gasteiger charge is 2.17. The number of nitrogens with zero attached hydrogens (tertiary/aromatic N) is 4. The summed E-state index contributed by atoms with van der Waals surface area (Å²) < 4.78 is 1.44. The number of non-ortho nitro benzene ring substituents is 2. The van der Waals surface area contributed by atoms with Crippen LogP contribution in [0, 0.1) is 20.2 Å². The van der Waals surface area contributed by atoms with Crippen molar-refractivity contribution in [2.75, 3.05) is 11.5 Å². The maximum absolute atomic E-state index is 10.8. The molecule has 20 heavy (non-hydrogen) atoms. The molecule has 0 aliphatic carbocycles. The van der Waals surface area contributed by atoms with Crippen LogP contribution in [0.5, 0.6) is 0 Å². The fraction of sp³-hybridized carbons (Fsp3) is 0.100. The number of nitrogen functional groups attached to an aromatic ring is 2. The van der Waals surface area contributed by atoms with Crippen LogP contribution in [0.3, 0.4) is 0 Å². The van der Waals surface area contributed by atoms with Gasteiger partial charge in [-0.15, -0.1) is 0 Å². The maximum Gasteiger partial charge on any atom is 0.276 e. The molecular weight excluding hydrogens is 268 g/mol. The first kappa shape index (κ1) is 13.3. The van der Waals surface area contributed by atoms with Crippen LogP contribution < -0.4 is 11.5 Å². The Balaban J connectivity index is 2.43. The van der Waals surface area contributed by atoms with E-state index in [2.05, 4.69) is 4.98 Å². The van der Waals surface area contributed by atoms with E-state index >= 15 is 0 Å². The molecule has 0 atom stereocenters. The predicted molar refractivity (Wildman–Crippen MR) is 69.9 cm³/mol. The van der Waals surface area contributed by atoms with Crippen molar-refractivity contribution in [3.8, 4) is 0 Å². The van der Waals surface area contributed by atoms with Gasteiger partial charge < -0.3 is 16.0 Å². The van der Waals surface area contributed by atoms with Gasteiger partial charge in [-0.1, -0.05) is 0 Å². The molecule has 4 N–H and O–H groups in total. The van der Waals surface area contributed by atoms with Crippen molar-refractivity contribution >= 4 is 23.0 Å². The van der Waals surface area contributed by atoms with E-state index in [1.807, 2.05) is 0 Å². The van der Waals surface area contributed by atoms with Gasteiger partial charge in [-0.3, -0.25) is 20.2 Å². The van der Waals surface area contributed by atoms with Crippen molar-refractivity contribution in [3.63, 3.8) is 0 Å². The Morgan fingerprint density at radius 1 is 1.10 bits per heavy atom. The summed E-state index contributed by atoms with van der Waals surface area (Å²) in [5, 5.41) is 21.5. The van der Waals surface area contributed by atoms with Crippen LogP contribution in [0.2, 0.25) is 0 Å². The lowest BCUT2D eigenvalue weighted by atomic mass is 10.1. The van der Waals surface area contributed by atoms with Crippen molar-refractivity contribution in [2.24, 2.45) is 0 Å². The summed E-state index contributed by atoms with van der Waals surface area (Å²) in [6.45, 7) is 0.0958. The quantitative estimate of drug-likeness (QED) is 0.621. The lowest BCUT2D eigenvalue weighted by molar-refractivity contribution is -0.394. The number of rotatable bonds is 4. The summed E-state index contributed by atoms with van der Waals surface area (Å²) in [6.07, 6.45) is 1.36. The van der Waals surface area contributed by atoms with Crippen LogP contribution in [0.15, 0.2) is 24.5 Å². The molecule has 10 nitrogen and oxygen atoms in total. The molecule has 0 bridgehead atoms. The van der Waals surface area contributed by atoms with Crippen LogP contribution in [-0.2, 0) is 6.54 Å². The first-order valence-electron chi connectivity index (χ1n) is 5.37. The summed E-state index contributed by atoms with van der Waals surface area (Å²) in [7, 11) is 0. The molecule has 104 valence electrons. The van der Waals surface area contributed by atoms with Crippen LogP contribution in [0.25, 0.3) is 0 Å². The minimum Gasteiger partial charge on any atom is -0.382 e. The molecule has 10 heteroatoms. The average molecular weight is 278 g/mol. The van der Waals surface area contributed by atoms with Crippen molar-refractivity contribution in [1.82, 2.24) is 9.55 Å². The fourth-order valence-electron chi connectivity index (χ4n) is 1.69. The number of nitrogens with two attached hydrogens (primary N) is 2. The topological polar surface area (TPSA) is 156 Å². The standard InChI is InChI=1S/C10H10N6O4/c11-9-10(12)14(5-13-9)4-6-1-7(15(17)18)3-8(2-6)16(19)20/h1-3,5H,4,11-12H2. The molecule has 1 aromatic heterocycles. The van der Waals surface area contributed by atoms with E-state index in [1.54, 1.807) is 0 Å². The first-order chi connectivity index (χ1) is 9.38. The monoisotopic (exact) mass is 278 g/mol. The minimum absolute atomic E-state index is 0.0958. The molecule has 1 aromatic carbocycles. The zero-order valence-electron chi connectivity index (χ0n) is 10.1. The highest BCUT2D eigenvalue weighted by atomic mass is 16.6. The lowest BCUT2D eigenvalue weighted by Gasteiger charge is -2.05. The predicted octanol–water partition coefficient (Wildman–Crippen LogP) is 0.912. The third kappa shape index (κ3) is 2.48. The molecule has 0 aliphatic heterocycles. The average Bonchev–Trinajstić information content (AvgIpc) is 2.70. The largest absolute Gasteiger partial charge is 0.382 e. The number of nitro benzene ring substituents is 2. The van der Waals surface area contributed by atoms with E-state index in [-0.39, 0.29) is 29.6 Å². The first-order valence-corrected chi connectivity index (χ1v) is 5.37. The summed E-state index contributed by atoms with van der Waals surface area (Å²) in [4.78, 5) is 23.9. The SMILES string of the molecule is Nc1ncn(Cc2cc([N+](=O)[O-])cc([N+](=O)[O-])c2)c1N. The van der Waals surface area contributed by atoms with E-state index in [0.717, 1.165) is 6.07 Å². The Hall–Kier alpha value is -3.17. The van der Waals surface area contributed by atoms with Gasteiger partial charge in [0, 0.05) is 12.1 Å². The van der Waals surface area contributed by atoms with Gasteiger partial charge in [-0.2, -0.15) is 0 Å². The molecule has 0 fully saturated rings. The number of nitro groups is 2. The molecule has 0 saturated carbocycles. The van der Waals surface area contributed by atoms with Gasteiger partial charge in [0.15, 0.2) is 5.82 Å². The molecule has 0 unspecified atom stereocenters. The molecule has 1 heterocycles. The third-order valence-corrected chi connectivity index (χ3v) is 2.64. The Bertz CT molecular complexity index is 663. The highest BCUT2D eigenvalue weighted by molar-refractivity contribution is 5.54. The van der Waals surface area contributed by atoms with E-state index in [0.29, 0.717) is 5.56 Å². The van der Waals surface area contributed by atoms with Crippen molar-refractivity contribution < 1.29 is 9.85 Å². The molecule has 0 spiro atoms. The number of anilines is 2. The van der Waals surface area contributed by atoms with Crippen LogP contribution in [0.4, 0.5) is 23.0 Å². The Kier molecular flexibility index (Phi) is 3.21. The van der Waals surface area contributed by atoms with Gasteiger partial charge in [0.2, 0.25) is 0 Å². The van der Waals surface area contributed by atoms with E-state index in [1.165, 1.54) is 23.0 Å². The second kappa shape index (κ2) is 4.84. The fourth-order valence-corrected chi connectivity index (χ4v) is 1.69. The normalized spacial score (nSPS) is 10.4. The van der Waals surface area contributed by atoms with Crippen LogP contribution in [-0.4, -0.2) is 19.4 Å². The van der Waals surface area contributed by atoms with E-state index in [9.17, 15) is 20.2 Å². The number of aromatic nitrogens is 2. The second-order valence-electron chi connectivity index (χ2n) is 4.01. The highest BCUT2D eigenvalue weighted by Crippen LogP contribution is 2.24. The molecule has 0 saturated heterocycles. The van der Waals surface area contributed by atoms with E-state index < -0.39 is 9.85 Å².